The summed E-state index contributed by atoms with van der Waals surface area (Å²) < 4.78 is 63.2. The number of hydroxylamine groups is 2. The summed E-state index contributed by atoms with van der Waals surface area (Å²) in [6.07, 6.45) is 16.0. The van der Waals surface area contributed by atoms with Gasteiger partial charge in [-0.15, -0.1) is 0 Å². The van der Waals surface area contributed by atoms with Crippen molar-refractivity contribution in [2.45, 2.75) is 123 Å². The number of amides is 1. The second-order valence-corrected chi connectivity index (χ2v) is 14.5. The van der Waals surface area contributed by atoms with Crippen molar-refractivity contribution >= 4 is 34.7 Å². The van der Waals surface area contributed by atoms with Crippen LogP contribution in [0.15, 0.2) is 47.6 Å². The Kier molecular flexibility index (Phi) is 21.2. The smallest absolute Gasteiger partial charge is 1.00 e. The molecule has 0 aromatic heterocycles. The number of carbonyl (C=O) groups excluding carboxylic acids is 2. The number of ether oxygens (including phenoxy) is 4. The fourth-order valence-corrected chi connectivity index (χ4v) is 7.69. The number of ketones is 1. The van der Waals surface area contributed by atoms with Crippen molar-refractivity contribution in [3.8, 4) is 23.0 Å². The second-order valence-electron chi connectivity index (χ2n) is 14.5. The maximum absolute atomic E-state index is 13.0. The normalized spacial score (nSPS) is 20.3. The molecule has 10 heteroatoms. The van der Waals surface area contributed by atoms with E-state index in [-0.39, 0.29) is 70.7 Å². The largest absolute Gasteiger partial charge is 2.00 e. The zero-order chi connectivity index (χ0) is 45.2. The van der Waals surface area contributed by atoms with Crippen LogP contribution in [0.2, 0.25) is 0 Å². The van der Waals surface area contributed by atoms with Crippen molar-refractivity contribution in [3.05, 3.63) is 77.2 Å². The van der Waals surface area contributed by atoms with Crippen LogP contribution in [0.4, 0.5) is 0 Å². The van der Waals surface area contributed by atoms with Crippen LogP contribution >= 0.6 is 0 Å². The molecular weight excluding hydrogens is 830 g/mol. The number of hydrogen-bond donors (Lipinski definition) is 0. The standard InChI is InChI=1S/C23H35NO4.C22H32O3.CH3.HI.Mg/c1-7-8-9-10-17-14-20(26-4)22(21(15-17)27-5)19-13-16(2)11-12-18(19)23(25)24(3)28-6;1-6-7-8-9-17-13-20(24-4)22(21(14-17)25-5)19-12-15(2)10-11-18(19)16(3)23;;;/h13-15,18-19H,7-12H2,1-6H3;12-14,18-19H,6-11H2,1-5H3;1H3;1H;/q;;-1;;+2/p-1/t18-,19-;18-,19+;;;/m10.../s1/i;3D3;1D3;;. The first kappa shape index (κ1) is 43.3. The molecule has 4 atom stereocenters. The molecule has 1 amide bonds. The molecule has 0 saturated carbocycles. The van der Waals surface area contributed by atoms with Gasteiger partial charge >= 0.3 is 23.1 Å². The number of aryl methyl sites for hydroxylation is 2. The molecule has 310 valence electrons. The van der Waals surface area contributed by atoms with Crippen molar-refractivity contribution in [2.75, 3.05) is 42.6 Å². The Balaban J connectivity index is 0.00000107. The predicted octanol–water partition coefficient (Wildman–Crippen LogP) is 7.44. The fourth-order valence-electron chi connectivity index (χ4n) is 7.69. The summed E-state index contributed by atoms with van der Waals surface area (Å²) in [5.74, 6) is 0.913. The third-order valence-electron chi connectivity index (χ3n) is 10.7. The summed E-state index contributed by atoms with van der Waals surface area (Å²) in [6, 6.07) is 8.21. The van der Waals surface area contributed by atoms with Crippen molar-refractivity contribution < 1.29 is 65.6 Å². The molecule has 4 rings (SSSR count). The molecule has 0 unspecified atom stereocenters. The third kappa shape index (κ3) is 14.5. The first-order valence-corrected chi connectivity index (χ1v) is 19.4. The zero-order valence-corrected chi connectivity index (χ0v) is 39.2. The number of nitrogens with zero attached hydrogens (tertiary/aromatic N) is 1. The molecule has 0 radical (unpaired) electrons. The van der Waals surface area contributed by atoms with Gasteiger partial charge in [0.15, 0.2) is 0 Å². The van der Waals surface area contributed by atoms with Gasteiger partial charge in [-0.3, -0.25) is 14.4 Å². The molecule has 0 N–H and O–H groups in total. The van der Waals surface area contributed by atoms with Gasteiger partial charge in [-0.05, 0) is 107 Å². The van der Waals surface area contributed by atoms with Crippen LogP contribution in [0.1, 0.15) is 141 Å². The van der Waals surface area contributed by atoms with Crippen molar-refractivity contribution in [1.82, 2.24) is 5.06 Å². The van der Waals surface area contributed by atoms with E-state index < -0.39 is 25.9 Å². The number of rotatable bonds is 17. The minimum absolute atomic E-state index is 0. The average molecular weight is 906 g/mol. The number of hydrogen-bond acceptors (Lipinski definition) is 7. The van der Waals surface area contributed by atoms with Gasteiger partial charge in [-0.25, -0.2) is 9.18 Å². The van der Waals surface area contributed by atoms with E-state index in [1.165, 1.54) is 36.2 Å². The number of unbranched alkanes of at least 4 members (excludes halogenated alkanes) is 4. The molecule has 0 saturated heterocycles. The average Bonchev–Trinajstić information content (AvgIpc) is 3.21. The maximum Gasteiger partial charge on any atom is 2.00 e. The van der Waals surface area contributed by atoms with Gasteiger partial charge in [0, 0.05) is 40.0 Å². The molecule has 0 bridgehead atoms. The Morgan fingerprint density at radius 3 is 1.45 bits per heavy atom. The Morgan fingerprint density at radius 2 is 1.11 bits per heavy atom. The van der Waals surface area contributed by atoms with E-state index in [9.17, 15) is 9.59 Å². The maximum atomic E-state index is 13.0. The number of benzene rings is 2. The van der Waals surface area contributed by atoms with Crippen LogP contribution in [0.3, 0.4) is 0 Å². The van der Waals surface area contributed by atoms with E-state index in [0.717, 1.165) is 91.5 Å². The van der Waals surface area contributed by atoms with E-state index in [1.54, 1.807) is 35.5 Å². The SMILES string of the molecule is CCCCCc1cc(OC)c([C@@H]2C=C(C)CC[C@H]2C(=O)N(C)OC)c(OC)c1.[2H]C([2H])([2H])C(=O)[C@@H]1CCC(C)=C[C@H]1c1c(OC)cc(CCCCC)cc1OC.[2H][C-]([2H])[2H].[I-].[Mg+2]. The summed E-state index contributed by atoms with van der Waals surface area (Å²) in [5.41, 5.74) is 6.48. The number of allylic oxidation sites excluding steroid dienone is 4. The van der Waals surface area contributed by atoms with Crippen LogP contribution in [-0.4, -0.2) is 82.4 Å². The molecule has 2 aliphatic carbocycles. The second kappa shape index (κ2) is 27.4. The zero-order valence-electron chi connectivity index (χ0n) is 41.6. The van der Waals surface area contributed by atoms with Crippen molar-refractivity contribution in [3.63, 3.8) is 0 Å². The number of halogens is 1. The van der Waals surface area contributed by atoms with Gasteiger partial charge in [0.05, 0.1) is 41.5 Å². The van der Waals surface area contributed by atoms with Gasteiger partial charge in [-0.1, -0.05) is 62.8 Å². The third-order valence-corrected chi connectivity index (χ3v) is 10.7. The minimum atomic E-state index is -2.61. The topological polar surface area (TPSA) is 83.5 Å². The van der Waals surface area contributed by atoms with Crippen LogP contribution in [-0.2, 0) is 27.3 Å². The summed E-state index contributed by atoms with van der Waals surface area (Å²) in [7, 11) is 8.93. The van der Waals surface area contributed by atoms with E-state index in [2.05, 4.69) is 39.0 Å². The predicted molar refractivity (Wildman–Crippen MR) is 227 cm³/mol. The number of methoxy groups -OCH3 is 4. The van der Waals surface area contributed by atoms with Crippen LogP contribution in [0.5, 0.6) is 23.0 Å². The Labute approximate surface area is 381 Å². The summed E-state index contributed by atoms with van der Waals surface area (Å²) in [4.78, 5) is 30.8. The summed E-state index contributed by atoms with van der Waals surface area (Å²) >= 11 is 0. The van der Waals surface area contributed by atoms with Gasteiger partial charge in [-0.2, -0.15) is 0 Å². The van der Waals surface area contributed by atoms with Crippen molar-refractivity contribution in [2.24, 2.45) is 11.8 Å². The van der Waals surface area contributed by atoms with Crippen LogP contribution in [0, 0.1) is 19.2 Å². The molecule has 2 aromatic carbocycles. The van der Waals surface area contributed by atoms with E-state index in [0.29, 0.717) is 17.9 Å². The quantitative estimate of drug-likeness (QED) is 0.0408. The molecule has 2 aromatic rings. The molecule has 0 aliphatic heterocycles. The minimum Gasteiger partial charge on any atom is -1.00 e. The Bertz CT molecular complexity index is 1690. The molecule has 0 heterocycles. The van der Waals surface area contributed by atoms with Crippen LogP contribution in [0.25, 0.3) is 0 Å². The fraction of sp³-hybridized carbons (Fsp3) is 0.587. The van der Waals surface area contributed by atoms with Gasteiger partial charge < -0.3 is 50.3 Å². The number of carbonyl (C=O) groups is 2. The summed E-state index contributed by atoms with van der Waals surface area (Å²) in [5, 5.41) is 1.32. The number of Topliss-reactive ketones (excluding diaryl/α,β-unsaturated/α-hetero) is 1. The van der Waals surface area contributed by atoms with Crippen LogP contribution < -0.4 is 42.9 Å². The first-order chi connectivity index (χ1) is 28.4. The van der Waals surface area contributed by atoms with Gasteiger partial charge in [0.2, 0.25) is 5.91 Å². The van der Waals surface area contributed by atoms with E-state index in [1.807, 2.05) is 25.1 Å². The van der Waals surface area contributed by atoms with Gasteiger partial charge in [0.25, 0.3) is 0 Å². The Morgan fingerprint density at radius 1 is 0.732 bits per heavy atom. The monoisotopic (exact) mass is 905 g/mol. The van der Waals surface area contributed by atoms with Gasteiger partial charge in [0.1, 0.15) is 28.8 Å². The molecule has 0 spiro atoms. The Hall–Kier alpha value is -2.28. The molecule has 2 aliphatic rings. The summed E-state index contributed by atoms with van der Waals surface area (Å²) in [6.45, 7) is 5.90. The first-order valence-electron chi connectivity index (χ1n) is 22.4. The molecule has 8 nitrogen and oxygen atoms in total. The van der Waals surface area contributed by atoms with E-state index >= 15 is 0 Å². The molecule has 56 heavy (non-hydrogen) atoms. The van der Waals surface area contributed by atoms with E-state index in [4.69, 9.17) is 32.0 Å². The molecular formula is C46H70IMgNO7. The van der Waals surface area contributed by atoms with Crippen molar-refractivity contribution in [1.29, 1.82) is 0 Å². The molecule has 0 fully saturated rings.